The highest BCUT2D eigenvalue weighted by Crippen LogP contribution is 2.42. The molecule has 1 fully saturated rings. The van der Waals surface area contributed by atoms with Crippen LogP contribution in [-0.2, 0) is 23.8 Å². The van der Waals surface area contributed by atoms with E-state index in [2.05, 4.69) is 0 Å². The Morgan fingerprint density at radius 2 is 1.79 bits per heavy atom. The highest BCUT2D eigenvalue weighted by Gasteiger charge is 2.57. The number of nitriles is 1. The first-order valence-corrected chi connectivity index (χ1v) is 6.29. The molecule has 0 aromatic heterocycles. The maximum absolute atomic E-state index is 12.1. The van der Waals surface area contributed by atoms with Crippen molar-refractivity contribution in [2.24, 2.45) is 5.41 Å². The van der Waals surface area contributed by atoms with E-state index in [0.717, 1.165) is 0 Å². The van der Waals surface area contributed by atoms with Crippen LogP contribution in [0.15, 0.2) is 0 Å². The Labute approximate surface area is 112 Å². The Morgan fingerprint density at radius 3 is 2.11 bits per heavy atom. The van der Waals surface area contributed by atoms with E-state index >= 15 is 0 Å². The van der Waals surface area contributed by atoms with Crippen LogP contribution in [0.5, 0.6) is 0 Å². The van der Waals surface area contributed by atoms with E-state index in [1.54, 1.807) is 20.8 Å². The number of carbonyl (C=O) groups is 2. The van der Waals surface area contributed by atoms with E-state index in [0.29, 0.717) is 6.61 Å². The highest BCUT2D eigenvalue weighted by molar-refractivity contribution is 6.00. The van der Waals surface area contributed by atoms with E-state index < -0.39 is 23.0 Å². The zero-order valence-electron chi connectivity index (χ0n) is 11.5. The van der Waals surface area contributed by atoms with E-state index in [4.69, 9.17) is 19.5 Å². The molecule has 0 aromatic rings. The van der Waals surface area contributed by atoms with Gasteiger partial charge in [0.1, 0.15) is 0 Å². The van der Waals surface area contributed by atoms with Crippen LogP contribution in [0.2, 0.25) is 0 Å². The average Bonchev–Trinajstić information content (AvgIpc) is 3.07. The number of carbonyl (C=O) groups excluding carboxylic acids is 2. The summed E-state index contributed by atoms with van der Waals surface area (Å²) in [5, 5.41) is 8.95. The lowest BCUT2D eigenvalue weighted by Crippen LogP contribution is -2.44. The Morgan fingerprint density at radius 1 is 1.32 bits per heavy atom. The van der Waals surface area contributed by atoms with Gasteiger partial charge in [-0.1, -0.05) is 0 Å². The van der Waals surface area contributed by atoms with Gasteiger partial charge in [-0.2, -0.15) is 5.26 Å². The van der Waals surface area contributed by atoms with Crippen LogP contribution in [0.1, 0.15) is 33.6 Å². The predicted octanol–water partition coefficient (Wildman–Crippen LogP) is 1.19. The predicted molar refractivity (Wildman–Crippen MR) is 64.9 cm³/mol. The summed E-state index contributed by atoms with van der Waals surface area (Å²) in [5.41, 5.74) is -2.15. The summed E-state index contributed by atoms with van der Waals surface area (Å²) < 4.78 is 15.1. The summed E-state index contributed by atoms with van der Waals surface area (Å²) in [6, 6.07) is 1.88. The molecule has 1 aliphatic rings. The van der Waals surface area contributed by atoms with E-state index in [1.807, 2.05) is 6.07 Å². The number of hydrogen-bond acceptors (Lipinski definition) is 6. The lowest BCUT2D eigenvalue weighted by molar-refractivity contribution is -0.173. The minimum Gasteiger partial charge on any atom is -0.465 e. The van der Waals surface area contributed by atoms with Gasteiger partial charge in [0.25, 0.3) is 0 Å². The molecule has 1 rings (SSSR count). The molecular formula is C13H19NO5. The van der Waals surface area contributed by atoms with E-state index in [-0.39, 0.29) is 26.1 Å². The monoisotopic (exact) mass is 269 g/mol. The normalized spacial score (nSPS) is 21.4. The molecule has 0 aliphatic carbocycles. The average molecular weight is 269 g/mol. The zero-order chi connectivity index (χ0) is 14.5. The van der Waals surface area contributed by atoms with Crippen molar-refractivity contribution in [1.29, 1.82) is 5.26 Å². The van der Waals surface area contributed by atoms with Crippen LogP contribution in [-0.4, -0.2) is 37.4 Å². The lowest BCUT2D eigenvalue weighted by atomic mass is 9.77. The molecule has 106 valence electrons. The Balaban J connectivity index is 3.05. The molecule has 0 saturated carbocycles. The van der Waals surface area contributed by atoms with Crippen molar-refractivity contribution in [3.05, 3.63) is 0 Å². The molecule has 0 spiro atoms. The minimum absolute atomic E-state index is 0.102. The van der Waals surface area contributed by atoms with Gasteiger partial charge in [0.2, 0.25) is 0 Å². The van der Waals surface area contributed by atoms with Gasteiger partial charge in [-0.05, 0) is 20.8 Å². The van der Waals surface area contributed by atoms with E-state index in [9.17, 15) is 9.59 Å². The third kappa shape index (κ3) is 3.44. The molecule has 1 atom stereocenters. The first-order chi connectivity index (χ1) is 8.94. The molecule has 0 radical (unpaired) electrons. The molecule has 0 bridgehead atoms. The molecule has 0 amide bonds. The Hall–Kier alpha value is -1.61. The third-order valence-electron chi connectivity index (χ3n) is 3.03. The molecule has 0 aromatic carbocycles. The van der Waals surface area contributed by atoms with Gasteiger partial charge in [0, 0.05) is 6.42 Å². The minimum atomic E-state index is -1.59. The first-order valence-electron chi connectivity index (χ1n) is 6.29. The summed E-state index contributed by atoms with van der Waals surface area (Å²) >= 11 is 0. The second-order valence-electron chi connectivity index (χ2n) is 4.77. The fourth-order valence-corrected chi connectivity index (χ4v) is 1.97. The number of nitrogens with zero attached hydrogens (tertiary/aromatic N) is 1. The van der Waals surface area contributed by atoms with Gasteiger partial charge in [-0.3, -0.25) is 9.59 Å². The Kier molecular flexibility index (Phi) is 4.90. The molecule has 6 heteroatoms. The summed E-state index contributed by atoms with van der Waals surface area (Å²) in [7, 11) is 0. The summed E-state index contributed by atoms with van der Waals surface area (Å²) in [5.74, 6) is -1.43. The maximum Gasteiger partial charge on any atom is 0.324 e. The van der Waals surface area contributed by atoms with Gasteiger partial charge in [0.15, 0.2) is 5.41 Å². The van der Waals surface area contributed by atoms with Gasteiger partial charge in [-0.15, -0.1) is 0 Å². The van der Waals surface area contributed by atoms with Crippen LogP contribution in [0.3, 0.4) is 0 Å². The number of esters is 2. The molecular weight excluding hydrogens is 250 g/mol. The van der Waals surface area contributed by atoms with Crippen molar-refractivity contribution < 1.29 is 23.8 Å². The fourth-order valence-electron chi connectivity index (χ4n) is 1.97. The van der Waals surface area contributed by atoms with Crippen LogP contribution in [0, 0.1) is 16.7 Å². The molecule has 1 unspecified atom stereocenters. The molecule has 6 nitrogen and oxygen atoms in total. The smallest absolute Gasteiger partial charge is 0.324 e. The highest BCUT2D eigenvalue weighted by atomic mass is 16.6. The molecule has 0 N–H and O–H groups in total. The third-order valence-corrected chi connectivity index (χ3v) is 3.03. The fraction of sp³-hybridized carbons (Fsp3) is 0.769. The first kappa shape index (κ1) is 15.4. The second-order valence-corrected chi connectivity index (χ2v) is 4.77. The van der Waals surface area contributed by atoms with Crippen molar-refractivity contribution in [3.63, 3.8) is 0 Å². The molecule has 1 heterocycles. The van der Waals surface area contributed by atoms with Gasteiger partial charge in [0.05, 0.1) is 37.9 Å². The number of ether oxygens (including phenoxy) is 3. The summed E-state index contributed by atoms with van der Waals surface area (Å²) in [6.07, 6.45) is -0.172. The summed E-state index contributed by atoms with van der Waals surface area (Å²) in [6.45, 7) is 5.83. The Bertz CT molecular complexity index is 376. The van der Waals surface area contributed by atoms with Crippen molar-refractivity contribution in [1.82, 2.24) is 0 Å². The molecule has 1 aliphatic heterocycles. The van der Waals surface area contributed by atoms with Crippen LogP contribution < -0.4 is 0 Å². The summed E-state index contributed by atoms with van der Waals surface area (Å²) in [4.78, 5) is 24.3. The second kappa shape index (κ2) is 6.02. The van der Waals surface area contributed by atoms with Crippen molar-refractivity contribution in [3.8, 4) is 6.07 Å². The number of rotatable bonds is 7. The quantitative estimate of drug-likeness (QED) is 0.392. The standard InChI is InChI=1S/C13H19NO5/c1-4-17-10(15)13(6-7-14,11(16)18-5-2)8-12(3)9-19-12/h4-6,8-9H2,1-3H3. The van der Waals surface area contributed by atoms with Gasteiger partial charge >= 0.3 is 11.9 Å². The topological polar surface area (TPSA) is 88.9 Å². The molecule has 19 heavy (non-hydrogen) atoms. The number of epoxide rings is 1. The van der Waals surface area contributed by atoms with Gasteiger partial charge < -0.3 is 14.2 Å². The van der Waals surface area contributed by atoms with Crippen LogP contribution >= 0.6 is 0 Å². The molecule has 1 saturated heterocycles. The largest absolute Gasteiger partial charge is 0.465 e. The van der Waals surface area contributed by atoms with Crippen molar-refractivity contribution in [2.75, 3.05) is 19.8 Å². The maximum atomic E-state index is 12.1. The lowest BCUT2D eigenvalue weighted by Gasteiger charge is -2.28. The van der Waals surface area contributed by atoms with Crippen LogP contribution in [0.25, 0.3) is 0 Å². The van der Waals surface area contributed by atoms with Crippen molar-refractivity contribution in [2.45, 2.75) is 39.2 Å². The van der Waals surface area contributed by atoms with Gasteiger partial charge in [-0.25, -0.2) is 0 Å². The van der Waals surface area contributed by atoms with Crippen LogP contribution in [0.4, 0.5) is 0 Å². The van der Waals surface area contributed by atoms with E-state index in [1.165, 1.54) is 0 Å². The number of hydrogen-bond donors (Lipinski definition) is 0. The van der Waals surface area contributed by atoms with Crippen molar-refractivity contribution >= 4 is 11.9 Å². The zero-order valence-corrected chi connectivity index (χ0v) is 11.5. The SMILES string of the molecule is CCOC(=O)C(CC#N)(CC1(C)CO1)C(=O)OCC.